The van der Waals surface area contributed by atoms with Crippen LogP contribution in [0.2, 0.25) is 5.02 Å². The normalized spacial score (nSPS) is 9.89. The van der Waals surface area contributed by atoms with Crippen LogP contribution in [-0.4, -0.2) is 4.92 Å². The standard InChI is InChI=1S/C12H8ClN3O2S/c13-8-1-4-12(16(17)18)11(5-8)15-7-10-3-2-9(6-14)19-10/h1-5,15H,7H2. The predicted molar refractivity (Wildman–Crippen MR) is 74.5 cm³/mol. The van der Waals surface area contributed by atoms with E-state index in [-0.39, 0.29) is 5.69 Å². The minimum atomic E-state index is -0.464. The van der Waals surface area contributed by atoms with E-state index in [0.29, 0.717) is 22.1 Å². The van der Waals surface area contributed by atoms with E-state index < -0.39 is 4.92 Å². The highest BCUT2D eigenvalue weighted by molar-refractivity contribution is 7.12. The van der Waals surface area contributed by atoms with Gasteiger partial charge >= 0.3 is 0 Å². The lowest BCUT2D eigenvalue weighted by Gasteiger charge is -2.06. The number of anilines is 1. The van der Waals surface area contributed by atoms with Crippen LogP contribution in [0.5, 0.6) is 0 Å². The number of rotatable bonds is 4. The SMILES string of the molecule is N#Cc1ccc(CNc2cc(Cl)ccc2[N+](=O)[O-])s1. The Bertz CT molecular complexity index is 663. The van der Waals surface area contributed by atoms with Crippen LogP contribution < -0.4 is 5.32 Å². The number of hydrogen-bond acceptors (Lipinski definition) is 5. The molecule has 0 atom stereocenters. The summed E-state index contributed by atoms with van der Waals surface area (Å²) >= 11 is 7.17. The molecular weight excluding hydrogens is 286 g/mol. The van der Waals surface area contributed by atoms with Gasteiger partial charge in [0.05, 0.1) is 4.92 Å². The maximum Gasteiger partial charge on any atom is 0.292 e. The fourth-order valence-corrected chi connectivity index (χ4v) is 2.44. The number of nitriles is 1. The highest BCUT2D eigenvalue weighted by Gasteiger charge is 2.13. The lowest BCUT2D eigenvalue weighted by Crippen LogP contribution is -2.01. The first-order valence-electron chi connectivity index (χ1n) is 5.27. The van der Waals surface area contributed by atoms with Crippen molar-refractivity contribution in [2.75, 3.05) is 5.32 Å². The van der Waals surface area contributed by atoms with Crippen molar-refractivity contribution in [3.8, 4) is 6.07 Å². The van der Waals surface area contributed by atoms with Gasteiger partial charge in [0.15, 0.2) is 0 Å². The third-order valence-corrected chi connectivity index (χ3v) is 3.61. The van der Waals surface area contributed by atoms with Gasteiger partial charge in [-0.3, -0.25) is 10.1 Å². The van der Waals surface area contributed by atoms with Crippen LogP contribution in [0, 0.1) is 21.4 Å². The summed E-state index contributed by atoms with van der Waals surface area (Å²) in [6.45, 7) is 0.410. The quantitative estimate of drug-likeness (QED) is 0.687. The second kappa shape index (κ2) is 5.69. The number of nitrogens with zero attached hydrogens (tertiary/aromatic N) is 2. The molecule has 0 saturated carbocycles. The molecule has 0 radical (unpaired) electrons. The zero-order chi connectivity index (χ0) is 13.8. The first-order chi connectivity index (χ1) is 9.10. The second-order valence-electron chi connectivity index (χ2n) is 3.65. The molecule has 0 aliphatic carbocycles. The summed E-state index contributed by atoms with van der Waals surface area (Å²) in [4.78, 5) is 11.9. The van der Waals surface area contributed by atoms with E-state index >= 15 is 0 Å². The van der Waals surface area contributed by atoms with Gasteiger partial charge in [-0.15, -0.1) is 11.3 Å². The van der Waals surface area contributed by atoms with Crippen LogP contribution >= 0.6 is 22.9 Å². The number of benzene rings is 1. The Kier molecular flexibility index (Phi) is 4.00. The van der Waals surface area contributed by atoms with E-state index in [9.17, 15) is 10.1 Å². The molecule has 0 aliphatic heterocycles. The van der Waals surface area contributed by atoms with Crippen LogP contribution in [-0.2, 0) is 6.54 Å². The van der Waals surface area contributed by atoms with Crippen molar-refractivity contribution in [3.05, 3.63) is 55.2 Å². The van der Waals surface area contributed by atoms with E-state index in [1.807, 2.05) is 12.1 Å². The molecule has 0 aliphatic rings. The summed E-state index contributed by atoms with van der Waals surface area (Å²) in [6, 6.07) is 9.92. The summed E-state index contributed by atoms with van der Waals surface area (Å²) in [5.41, 5.74) is 0.339. The molecule has 0 fully saturated rings. The molecule has 96 valence electrons. The summed E-state index contributed by atoms with van der Waals surface area (Å²) in [6.07, 6.45) is 0. The third-order valence-electron chi connectivity index (χ3n) is 2.38. The number of nitro groups is 1. The van der Waals surface area contributed by atoms with Crippen molar-refractivity contribution in [2.45, 2.75) is 6.54 Å². The van der Waals surface area contributed by atoms with Crippen LogP contribution in [0.3, 0.4) is 0 Å². The Morgan fingerprint density at radius 2 is 2.21 bits per heavy atom. The van der Waals surface area contributed by atoms with E-state index in [4.69, 9.17) is 16.9 Å². The zero-order valence-corrected chi connectivity index (χ0v) is 11.2. The maximum absolute atomic E-state index is 10.9. The molecular formula is C12H8ClN3O2S. The van der Waals surface area contributed by atoms with Gasteiger partial charge in [0.25, 0.3) is 5.69 Å². The Labute approximate surface area is 118 Å². The smallest absolute Gasteiger partial charge is 0.292 e. The van der Waals surface area contributed by atoms with E-state index in [1.165, 1.54) is 29.5 Å². The molecule has 1 N–H and O–H groups in total. The van der Waals surface area contributed by atoms with Crippen LogP contribution in [0.15, 0.2) is 30.3 Å². The molecule has 7 heteroatoms. The van der Waals surface area contributed by atoms with E-state index in [0.717, 1.165) is 4.88 Å². The number of nitro benzene ring substituents is 1. The summed E-state index contributed by atoms with van der Waals surface area (Å²) in [7, 11) is 0. The number of thiophene rings is 1. The van der Waals surface area contributed by atoms with Gasteiger partial charge in [-0.1, -0.05) is 11.6 Å². The van der Waals surface area contributed by atoms with Crippen molar-refractivity contribution in [2.24, 2.45) is 0 Å². The van der Waals surface area contributed by atoms with Crippen molar-refractivity contribution in [1.29, 1.82) is 5.26 Å². The Hall–Kier alpha value is -2.10. The van der Waals surface area contributed by atoms with Crippen molar-refractivity contribution < 1.29 is 4.92 Å². The molecule has 1 aromatic carbocycles. The topological polar surface area (TPSA) is 79.0 Å². The summed E-state index contributed by atoms with van der Waals surface area (Å²) in [5.74, 6) is 0. The van der Waals surface area contributed by atoms with Gasteiger partial charge in [0.2, 0.25) is 0 Å². The summed E-state index contributed by atoms with van der Waals surface area (Å²) in [5, 5.41) is 23.0. The molecule has 0 unspecified atom stereocenters. The fraction of sp³-hybridized carbons (Fsp3) is 0.0833. The van der Waals surface area contributed by atoms with E-state index in [2.05, 4.69) is 5.32 Å². The average molecular weight is 294 g/mol. The predicted octanol–water partition coefficient (Wildman–Crippen LogP) is 3.79. The molecule has 19 heavy (non-hydrogen) atoms. The number of halogens is 1. The highest BCUT2D eigenvalue weighted by Crippen LogP contribution is 2.28. The first kappa shape index (κ1) is 13.3. The Balaban J connectivity index is 2.17. The zero-order valence-electron chi connectivity index (χ0n) is 9.59. The van der Waals surface area contributed by atoms with Crippen molar-refractivity contribution >= 4 is 34.3 Å². The molecule has 2 rings (SSSR count). The number of hydrogen-bond donors (Lipinski definition) is 1. The van der Waals surface area contributed by atoms with Gasteiger partial charge in [0, 0.05) is 22.5 Å². The largest absolute Gasteiger partial charge is 0.375 e. The number of nitrogens with one attached hydrogen (secondary N) is 1. The fourth-order valence-electron chi connectivity index (χ4n) is 1.52. The summed E-state index contributed by atoms with van der Waals surface area (Å²) < 4.78 is 0. The molecule has 1 heterocycles. The molecule has 2 aromatic rings. The monoisotopic (exact) mass is 293 g/mol. The lowest BCUT2D eigenvalue weighted by atomic mass is 10.2. The molecule has 0 bridgehead atoms. The molecule has 5 nitrogen and oxygen atoms in total. The minimum Gasteiger partial charge on any atom is -0.375 e. The van der Waals surface area contributed by atoms with E-state index in [1.54, 1.807) is 6.07 Å². The van der Waals surface area contributed by atoms with Gasteiger partial charge in [-0.25, -0.2) is 0 Å². The Morgan fingerprint density at radius 3 is 2.84 bits per heavy atom. The van der Waals surface area contributed by atoms with Gasteiger partial charge in [-0.05, 0) is 24.3 Å². The maximum atomic E-state index is 10.9. The van der Waals surface area contributed by atoms with Crippen LogP contribution in [0.4, 0.5) is 11.4 Å². The molecule has 0 amide bonds. The molecule has 0 spiro atoms. The first-order valence-corrected chi connectivity index (χ1v) is 6.46. The van der Waals surface area contributed by atoms with Crippen LogP contribution in [0.25, 0.3) is 0 Å². The third kappa shape index (κ3) is 3.22. The van der Waals surface area contributed by atoms with Gasteiger partial charge < -0.3 is 5.32 Å². The van der Waals surface area contributed by atoms with Crippen LogP contribution in [0.1, 0.15) is 9.75 Å². The second-order valence-corrected chi connectivity index (χ2v) is 5.25. The Morgan fingerprint density at radius 1 is 1.42 bits per heavy atom. The highest BCUT2D eigenvalue weighted by atomic mass is 35.5. The molecule has 0 saturated heterocycles. The lowest BCUT2D eigenvalue weighted by molar-refractivity contribution is -0.384. The average Bonchev–Trinajstić information content (AvgIpc) is 2.84. The van der Waals surface area contributed by atoms with Gasteiger partial charge in [-0.2, -0.15) is 5.26 Å². The molecule has 1 aromatic heterocycles. The van der Waals surface area contributed by atoms with Crippen molar-refractivity contribution in [3.63, 3.8) is 0 Å². The van der Waals surface area contributed by atoms with Crippen molar-refractivity contribution in [1.82, 2.24) is 0 Å². The van der Waals surface area contributed by atoms with Gasteiger partial charge in [0.1, 0.15) is 16.6 Å². The minimum absolute atomic E-state index is 0.0264.